The van der Waals surface area contributed by atoms with Crippen molar-refractivity contribution < 1.29 is 4.39 Å². The Kier molecular flexibility index (Phi) is 7.04. The molecule has 0 atom stereocenters. The summed E-state index contributed by atoms with van der Waals surface area (Å²) in [5, 5.41) is 0. The van der Waals surface area contributed by atoms with E-state index in [0.29, 0.717) is 6.42 Å². The molecule has 0 saturated heterocycles. The Morgan fingerprint density at radius 2 is 1.91 bits per heavy atom. The summed E-state index contributed by atoms with van der Waals surface area (Å²) in [6.45, 7) is 4.41. The van der Waals surface area contributed by atoms with Crippen molar-refractivity contribution in [1.29, 1.82) is 0 Å². The highest BCUT2D eigenvalue weighted by atomic mass is 35.5. The Morgan fingerprint density at radius 1 is 1.27 bits per heavy atom. The van der Waals surface area contributed by atoms with Gasteiger partial charge in [-0.2, -0.15) is 0 Å². The molecule has 67 valence electrons. The number of hydrogen-bond acceptors (Lipinski definition) is 0. The molecule has 0 heterocycles. The Labute approximate surface area is 74.1 Å². The molecule has 0 fully saturated rings. The average molecular weight is 180 g/mol. The first-order chi connectivity index (χ1) is 5.13. The van der Waals surface area contributed by atoms with Crippen molar-refractivity contribution in [3.05, 3.63) is 5.63 Å². The van der Waals surface area contributed by atoms with Crippen LogP contribution in [0, 0.1) is 11.5 Å². The lowest BCUT2D eigenvalue weighted by atomic mass is 10.0. The Balaban J connectivity index is 2.91. The second-order valence-electron chi connectivity index (χ2n) is 3.33. The molecule has 0 nitrogen and oxygen atoms in total. The first-order valence-corrected chi connectivity index (χ1v) is 4.67. The van der Waals surface area contributed by atoms with Crippen LogP contribution in [0.1, 0.15) is 46.0 Å². The second-order valence-corrected chi connectivity index (χ2v) is 3.74. The standard InChI is InChI=1S/C9H17ClF/c1-8(2)6-4-3-5-7-9(10)11/h8H,3-7H2,1-2H3. The molecule has 0 N–H and O–H groups in total. The van der Waals surface area contributed by atoms with Crippen molar-refractivity contribution in [2.45, 2.75) is 46.0 Å². The minimum absolute atomic E-state index is 0.430. The van der Waals surface area contributed by atoms with E-state index in [9.17, 15) is 4.39 Å². The van der Waals surface area contributed by atoms with Gasteiger partial charge in [-0.15, -0.1) is 0 Å². The van der Waals surface area contributed by atoms with Crippen molar-refractivity contribution in [3.63, 3.8) is 0 Å². The van der Waals surface area contributed by atoms with Gasteiger partial charge in [-0.05, 0) is 12.3 Å². The van der Waals surface area contributed by atoms with Gasteiger partial charge >= 0.3 is 0 Å². The Hall–Kier alpha value is 0.220. The minimum atomic E-state index is -0.449. The minimum Gasteiger partial charge on any atom is -0.221 e. The van der Waals surface area contributed by atoms with E-state index in [1.54, 1.807) is 0 Å². The molecular formula is C9H17ClF. The summed E-state index contributed by atoms with van der Waals surface area (Å²) in [7, 11) is 0. The normalized spacial score (nSPS) is 11.5. The van der Waals surface area contributed by atoms with E-state index in [1.165, 1.54) is 12.8 Å². The lowest BCUT2D eigenvalue weighted by Crippen LogP contribution is -1.87. The molecule has 0 aliphatic rings. The van der Waals surface area contributed by atoms with E-state index in [2.05, 4.69) is 13.8 Å². The smallest absolute Gasteiger partial charge is 0.221 e. The van der Waals surface area contributed by atoms with Crippen LogP contribution < -0.4 is 0 Å². The SMILES string of the molecule is CC(C)CCCCC[C](F)Cl. The van der Waals surface area contributed by atoms with Crippen LogP contribution in [0.4, 0.5) is 4.39 Å². The van der Waals surface area contributed by atoms with Crippen LogP contribution in [-0.4, -0.2) is 0 Å². The van der Waals surface area contributed by atoms with E-state index in [1.807, 2.05) is 0 Å². The number of unbranched alkanes of at least 4 members (excludes halogenated alkanes) is 2. The summed E-state index contributed by atoms with van der Waals surface area (Å²) in [6.07, 6.45) is 4.85. The molecule has 0 aromatic rings. The summed E-state index contributed by atoms with van der Waals surface area (Å²) in [5.74, 6) is 0.764. The van der Waals surface area contributed by atoms with E-state index in [4.69, 9.17) is 11.6 Å². The van der Waals surface area contributed by atoms with E-state index in [-0.39, 0.29) is 0 Å². The van der Waals surface area contributed by atoms with Crippen LogP contribution >= 0.6 is 11.6 Å². The van der Waals surface area contributed by atoms with Gasteiger partial charge < -0.3 is 0 Å². The van der Waals surface area contributed by atoms with Gasteiger partial charge in [0.25, 0.3) is 0 Å². The maximum absolute atomic E-state index is 12.0. The largest absolute Gasteiger partial charge is 0.231 e. The third-order valence-electron chi connectivity index (χ3n) is 1.65. The van der Waals surface area contributed by atoms with E-state index < -0.39 is 5.63 Å². The predicted octanol–water partition coefficient (Wildman–Crippen LogP) is 4.29. The van der Waals surface area contributed by atoms with E-state index in [0.717, 1.165) is 18.8 Å². The van der Waals surface area contributed by atoms with Gasteiger partial charge in [0.05, 0.1) is 0 Å². The van der Waals surface area contributed by atoms with Gasteiger partial charge in [0, 0.05) is 6.42 Å². The van der Waals surface area contributed by atoms with Crippen molar-refractivity contribution in [3.8, 4) is 0 Å². The van der Waals surface area contributed by atoms with Crippen LogP contribution in [0.15, 0.2) is 0 Å². The maximum atomic E-state index is 12.0. The zero-order valence-electron chi connectivity index (χ0n) is 7.37. The molecule has 0 saturated carbocycles. The third kappa shape index (κ3) is 10.2. The quantitative estimate of drug-likeness (QED) is 0.534. The fraction of sp³-hybridized carbons (Fsp3) is 0.889. The fourth-order valence-electron chi connectivity index (χ4n) is 0.988. The first kappa shape index (κ1) is 11.2. The highest BCUT2D eigenvalue weighted by molar-refractivity contribution is 6.25. The fourth-order valence-corrected chi connectivity index (χ4v) is 1.12. The van der Waals surface area contributed by atoms with Crippen molar-refractivity contribution in [2.75, 3.05) is 0 Å². The molecule has 0 bridgehead atoms. The summed E-state index contributed by atoms with van der Waals surface area (Å²) in [6, 6.07) is 0. The summed E-state index contributed by atoms with van der Waals surface area (Å²) >= 11 is 5.07. The molecule has 2 heteroatoms. The number of rotatable bonds is 6. The van der Waals surface area contributed by atoms with Crippen molar-refractivity contribution >= 4 is 11.6 Å². The van der Waals surface area contributed by atoms with Gasteiger partial charge in [-0.25, -0.2) is 4.39 Å². The Morgan fingerprint density at radius 3 is 2.36 bits per heavy atom. The average Bonchev–Trinajstić information content (AvgIpc) is 1.85. The molecule has 0 aliphatic carbocycles. The highest BCUT2D eigenvalue weighted by Crippen LogP contribution is 2.18. The molecule has 11 heavy (non-hydrogen) atoms. The highest BCUT2D eigenvalue weighted by Gasteiger charge is 2.01. The van der Waals surface area contributed by atoms with Crippen molar-refractivity contribution in [2.24, 2.45) is 5.92 Å². The van der Waals surface area contributed by atoms with Crippen LogP contribution in [0.3, 0.4) is 0 Å². The zero-order chi connectivity index (χ0) is 8.69. The molecule has 0 aliphatic heterocycles. The molecule has 0 aromatic heterocycles. The number of hydrogen-bond donors (Lipinski definition) is 0. The molecule has 0 amide bonds. The van der Waals surface area contributed by atoms with E-state index >= 15 is 0 Å². The summed E-state index contributed by atoms with van der Waals surface area (Å²) in [5.41, 5.74) is -0.449. The van der Waals surface area contributed by atoms with Gasteiger partial charge in [0.15, 0.2) is 0 Å². The zero-order valence-corrected chi connectivity index (χ0v) is 8.12. The maximum Gasteiger partial charge on any atom is 0.231 e. The Bertz CT molecular complexity index is 71.6. The molecule has 1 radical (unpaired) electrons. The molecule has 0 rings (SSSR count). The summed E-state index contributed by atoms with van der Waals surface area (Å²) < 4.78 is 12.0. The predicted molar refractivity (Wildman–Crippen MR) is 48.1 cm³/mol. The molecular weight excluding hydrogens is 163 g/mol. The monoisotopic (exact) mass is 179 g/mol. The van der Waals surface area contributed by atoms with Gasteiger partial charge in [-0.3, -0.25) is 0 Å². The topological polar surface area (TPSA) is 0 Å². The van der Waals surface area contributed by atoms with Crippen LogP contribution in [0.5, 0.6) is 0 Å². The van der Waals surface area contributed by atoms with Crippen LogP contribution in [0.25, 0.3) is 0 Å². The summed E-state index contributed by atoms with van der Waals surface area (Å²) in [4.78, 5) is 0. The molecule has 0 aromatic carbocycles. The molecule has 0 unspecified atom stereocenters. The number of halogens is 2. The van der Waals surface area contributed by atoms with Gasteiger partial charge in [0.1, 0.15) is 0 Å². The van der Waals surface area contributed by atoms with Crippen LogP contribution in [0.2, 0.25) is 0 Å². The first-order valence-electron chi connectivity index (χ1n) is 4.29. The van der Waals surface area contributed by atoms with Gasteiger partial charge in [-0.1, -0.05) is 44.7 Å². The van der Waals surface area contributed by atoms with Crippen LogP contribution in [-0.2, 0) is 0 Å². The third-order valence-corrected chi connectivity index (χ3v) is 1.84. The molecule has 0 spiro atoms. The second kappa shape index (κ2) is 6.90. The van der Waals surface area contributed by atoms with Crippen molar-refractivity contribution in [1.82, 2.24) is 0 Å². The lowest BCUT2D eigenvalue weighted by Gasteiger charge is -2.03. The lowest BCUT2D eigenvalue weighted by molar-refractivity contribution is 0.487. The van der Waals surface area contributed by atoms with Gasteiger partial charge in [0.2, 0.25) is 5.63 Å².